The third-order valence-electron chi connectivity index (χ3n) is 1.50. The normalized spacial score (nSPS) is 12.5. The average Bonchev–Trinajstić information content (AvgIpc) is 2.17. The fourth-order valence-corrected chi connectivity index (χ4v) is 0.617. The number of guanidine groups is 2. The minimum atomic E-state index is -0.337. The Morgan fingerprint density at radius 1 is 1.40 bits per heavy atom. The van der Waals surface area contributed by atoms with Gasteiger partial charge in [-0.2, -0.15) is 4.99 Å². The molecule has 15 heavy (non-hydrogen) atoms. The Bertz CT molecular complexity index is 272. The Labute approximate surface area is 88.8 Å². The van der Waals surface area contributed by atoms with Gasteiger partial charge in [0.2, 0.25) is 5.96 Å². The topological polar surface area (TPSA) is 106 Å². The maximum atomic E-state index is 10.7. The molecule has 86 valence electrons. The summed E-state index contributed by atoms with van der Waals surface area (Å²) >= 11 is 0. The summed E-state index contributed by atoms with van der Waals surface area (Å²) in [6.07, 6.45) is 0.175. The molecule has 0 aliphatic rings. The molecule has 0 unspecified atom stereocenters. The van der Waals surface area contributed by atoms with Gasteiger partial charge < -0.3 is 21.1 Å². The van der Waals surface area contributed by atoms with Crippen LogP contribution in [-0.2, 0) is 9.53 Å². The third-order valence-corrected chi connectivity index (χ3v) is 1.50. The molecule has 0 aliphatic carbocycles. The van der Waals surface area contributed by atoms with Crippen LogP contribution in [0.1, 0.15) is 6.42 Å². The number of aliphatic imine (C=N–C) groups is 2. The van der Waals surface area contributed by atoms with Gasteiger partial charge in [-0.25, -0.2) is 0 Å². The van der Waals surface area contributed by atoms with E-state index in [1.807, 2.05) is 0 Å². The van der Waals surface area contributed by atoms with Crippen LogP contribution >= 0.6 is 0 Å². The zero-order chi connectivity index (χ0) is 11.8. The molecule has 0 saturated carbocycles. The molecule has 0 radical (unpaired) electrons. The number of rotatable bonds is 3. The average molecular weight is 215 g/mol. The van der Waals surface area contributed by atoms with Crippen molar-refractivity contribution in [3.8, 4) is 0 Å². The second-order valence-electron chi connectivity index (χ2n) is 2.93. The maximum Gasteiger partial charge on any atom is 0.307 e. The smallest absolute Gasteiger partial charge is 0.307 e. The van der Waals surface area contributed by atoms with Gasteiger partial charge in [0, 0.05) is 14.1 Å². The summed E-state index contributed by atoms with van der Waals surface area (Å²) in [5, 5.41) is 0. The first-order valence-electron chi connectivity index (χ1n) is 4.35. The van der Waals surface area contributed by atoms with E-state index in [1.165, 1.54) is 7.11 Å². The number of methoxy groups -OCH3 is 1. The van der Waals surface area contributed by atoms with Crippen molar-refractivity contribution in [2.75, 3.05) is 27.7 Å². The highest BCUT2D eigenvalue weighted by Crippen LogP contribution is 1.86. The summed E-state index contributed by atoms with van der Waals surface area (Å²) < 4.78 is 4.43. The van der Waals surface area contributed by atoms with Crippen LogP contribution in [-0.4, -0.2) is 50.5 Å². The van der Waals surface area contributed by atoms with E-state index in [1.54, 1.807) is 19.0 Å². The Kier molecular flexibility index (Phi) is 5.84. The summed E-state index contributed by atoms with van der Waals surface area (Å²) in [6, 6.07) is 0. The van der Waals surface area contributed by atoms with E-state index in [9.17, 15) is 4.79 Å². The van der Waals surface area contributed by atoms with Crippen molar-refractivity contribution < 1.29 is 9.53 Å². The Hall–Kier alpha value is -1.79. The highest BCUT2D eigenvalue weighted by molar-refractivity contribution is 5.93. The number of carbonyl (C=O) groups excluding carboxylic acids is 1. The van der Waals surface area contributed by atoms with Crippen LogP contribution in [0.2, 0.25) is 0 Å². The summed E-state index contributed by atoms with van der Waals surface area (Å²) in [5.41, 5.74) is 10.9. The third kappa shape index (κ3) is 6.30. The molecule has 0 bridgehead atoms. The second kappa shape index (κ2) is 6.63. The first-order valence-corrected chi connectivity index (χ1v) is 4.35. The minimum Gasteiger partial charge on any atom is -0.469 e. The fraction of sp³-hybridized carbons (Fsp3) is 0.625. The summed E-state index contributed by atoms with van der Waals surface area (Å²) in [6.45, 7) is 0.239. The van der Waals surface area contributed by atoms with E-state index in [4.69, 9.17) is 11.5 Å². The standard InChI is InChI=1S/C8H17N5O2/c1-13(2)8(10)12-7(9)11-5-4-6(14)15-3/h4-5H2,1-3H3,(H4,9,10,11,12). The molecule has 0 spiro atoms. The van der Waals surface area contributed by atoms with Crippen LogP contribution in [0.3, 0.4) is 0 Å². The van der Waals surface area contributed by atoms with Crippen LogP contribution in [0.25, 0.3) is 0 Å². The van der Waals surface area contributed by atoms with Crippen LogP contribution < -0.4 is 11.5 Å². The summed E-state index contributed by atoms with van der Waals surface area (Å²) in [5.74, 6) is -0.0319. The fourth-order valence-electron chi connectivity index (χ4n) is 0.617. The minimum absolute atomic E-state index is 0.0464. The number of nitrogens with two attached hydrogens (primary N) is 2. The predicted molar refractivity (Wildman–Crippen MR) is 58.4 cm³/mol. The summed E-state index contributed by atoms with van der Waals surface area (Å²) in [4.78, 5) is 20.0. The highest BCUT2D eigenvalue weighted by atomic mass is 16.5. The van der Waals surface area contributed by atoms with Crippen molar-refractivity contribution in [2.45, 2.75) is 6.42 Å². The molecule has 0 rings (SSSR count). The molecule has 0 amide bonds. The van der Waals surface area contributed by atoms with Crippen LogP contribution in [0.15, 0.2) is 9.98 Å². The lowest BCUT2D eigenvalue weighted by atomic mass is 10.4. The predicted octanol–water partition coefficient (Wildman–Crippen LogP) is -1.26. The first kappa shape index (κ1) is 13.2. The zero-order valence-electron chi connectivity index (χ0n) is 9.23. The Balaban J connectivity index is 4.10. The van der Waals surface area contributed by atoms with Crippen LogP contribution in [0.4, 0.5) is 0 Å². The maximum absolute atomic E-state index is 10.7. The molecule has 4 N–H and O–H groups in total. The molecule has 0 atom stereocenters. The van der Waals surface area contributed by atoms with E-state index in [2.05, 4.69) is 14.7 Å². The van der Waals surface area contributed by atoms with Gasteiger partial charge in [-0.05, 0) is 0 Å². The van der Waals surface area contributed by atoms with Crippen molar-refractivity contribution in [3.05, 3.63) is 0 Å². The van der Waals surface area contributed by atoms with Gasteiger partial charge in [-0.3, -0.25) is 9.79 Å². The summed E-state index contributed by atoms with van der Waals surface area (Å²) in [7, 11) is 4.79. The Morgan fingerprint density at radius 3 is 2.47 bits per heavy atom. The quantitative estimate of drug-likeness (QED) is 0.347. The molecule has 0 aromatic carbocycles. The Morgan fingerprint density at radius 2 is 2.00 bits per heavy atom. The van der Waals surface area contributed by atoms with Crippen LogP contribution in [0, 0.1) is 0 Å². The van der Waals surface area contributed by atoms with Gasteiger partial charge in [0.05, 0.1) is 20.1 Å². The van der Waals surface area contributed by atoms with E-state index < -0.39 is 0 Å². The van der Waals surface area contributed by atoms with Gasteiger partial charge in [-0.15, -0.1) is 0 Å². The van der Waals surface area contributed by atoms with Gasteiger partial charge >= 0.3 is 5.97 Å². The van der Waals surface area contributed by atoms with Gasteiger partial charge in [-0.1, -0.05) is 0 Å². The molecule has 0 heterocycles. The number of carbonyl (C=O) groups is 1. The monoisotopic (exact) mass is 215 g/mol. The molecule has 0 aliphatic heterocycles. The molecule has 0 aromatic heterocycles. The lowest BCUT2D eigenvalue weighted by Gasteiger charge is -2.09. The van der Waals surface area contributed by atoms with E-state index in [0.717, 1.165) is 0 Å². The van der Waals surface area contributed by atoms with Crippen molar-refractivity contribution in [1.29, 1.82) is 0 Å². The van der Waals surface area contributed by atoms with Gasteiger partial charge in [0.25, 0.3) is 0 Å². The first-order chi connectivity index (χ1) is 6.97. The second-order valence-corrected chi connectivity index (χ2v) is 2.93. The molecule has 7 nitrogen and oxygen atoms in total. The molecule has 7 heteroatoms. The van der Waals surface area contributed by atoms with Crippen molar-refractivity contribution in [1.82, 2.24) is 4.90 Å². The molecular weight excluding hydrogens is 198 g/mol. The lowest BCUT2D eigenvalue weighted by Crippen LogP contribution is -2.32. The van der Waals surface area contributed by atoms with E-state index in [0.29, 0.717) is 0 Å². The highest BCUT2D eigenvalue weighted by Gasteiger charge is 1.99. The number of ether oxygens (including phenoxy) is 1. The van der Waals surface area contributed by atoms with Gasteiger partial charge in [0.15, 0.2) is 5.96 Å². The lowest BCUT2D eigenvalue weighted by molar-refractivity contribution is -0.140. The molecule has 0 fully saturated rings. The molecular formula is C8H17N5O2. The van der Waals surface area contributed by atoms with Gasteiger partial charge in [0.1, 0.15) is 0 Å². The number of hydrogen-bond donors (Lipinski definition) is 2. The van der Waals surface area contributed by atoms with Crippen molar-refractivity contribution in [3.63, 3.8) is 0 Å². The SMILES string of the molecule is COC(=O)CCN=C(N)N=C(N)N(C)C. The van der Waals surface area contributed by atoms with E-state index in [-0.39, 0.29) is 30.9 Å². The number of esters is 1. The van der Waals surface area contributed by atoms with Crippen molar-refractivity contribution >= 4 is 17.9 Å². The van der Waals surface area contributed by atoms with E-state index >= 15 is 0 Å². The molecule has 0 aromatic rings. The molecule has 0 saturated heterocycles. The number of hydrogen-bond acceptors (Lipinski definition) is 3. The van der Waals surface area contributed by atoms with Crippen LogP contribution in [0.5, 0.6) is 0 Å². The zero-order valence-corrected chi connectivity index (χ0v) is 9.23. The largest absolute Gasteiger partial charge is 0.469 e. The van der Waals surface area contributed by atoms with Crippen molar-refractivity contribution in [2.24, 2.45) is 21.5 Å². The number of nitrogens with zero attached hydrogens (tertiary/aromatic N) is 3.